The summed E-state index contributed by atoms with van der Waals surface area (Å²) in [7, 11) is 1.22. The van der Waals surface area contributed by atoms with E-state index >= 15 is 0 Å². The van der Waals surface area contributed by atoms with Crippen LogP contribution in [0.4, 0.5) is 8.78 Å². The lowest BCUT2D eigenvalue weighted by molar-refractivity contribution is 0.0524. The molecule has 0 bridgehead atoms. The lowest BCUT2D eigenvalue weighted by atomic mass is 10.1. The number of halogens is 2. The number of aromatic nitrogens is 1. The number of hydrogen-bond acceptors (Lipinski definition) is 4. The van der Waals surface area contributed by atoms with Gasteiger partial charge in [0, 0.05) is 12.2 Å². The number of fused-ring (bicyclic) bond motifs is 1. The van der Waals surface area contributed by atoms with Crippen LogP contribution in [0.3, 0.4) is 0 Å². The van der Waals surface area contributed by atoms with E-state index in [1.165, 1.54) is 13.3 Å². The van der Waals surface area contributed by atoms with E-state index in [1.807, 2.05) is 0 Å². The second-order valence-corrected chi connectivity index (χ2v) is 6.04. The van der Waals surface area contributed by atoms with E-state index in [0.29, 0.717) is 0 Å². The van der Waals surface area contributed by atoms with Gasteiger partial charge in [0.15, 0.2) is 11.6 Å². The largest absolute Gasteiger partial charge is 0.491 e. The van der Waals surface area contributed by atoms with Crippen molar-refractivity contribution in [3.8, 4) is 5.75 Å². The molecule has 1 aromatic carbocycles. The number of ether oxygens (including phenoxy) is 2. The molecule has 0 aliphatic heterocycles. The summed E-state index contributed by atoms with van der Waals surface area (Å²) in [4.78, 5) is 24.8. The molecule has 1 aliphatic rings. The van der Waals surface area contributed by atoms with Crippen LogP contribution >= 0.6 is 0 Å². The smallest absolute Gasteiger partial charge is 0.343 e. The van der Waals surface area contributed by atoms with Crippen molar-refractivity contribution in [2.75, 3.05) is 13.7 Å². The van der Waals surface area contributed by atoms with Crippen LogP contribution in [0, 0.1) is 11.6 Å². The summed E-state index contributed by atoms with van der Waals surface area (Å²) in [6.07, 6.45) is 5.00. The molecule has 134 valence electrons. The Balaban J connectivity index is 2.39. The first-order chi connectivity index (χ1) is 12.0. The summed E-state index contributed by atoms with van der Waals surface area (Å²) < 4.78 is 39.8. The average molecular weight is 351 g/mol. The Bertz CT molecular complexity index is 885. The Kier molecular flexibility index (Phi) is 4.74. The summed E-state index contributed by atoms with van der Waals surface area (Å²) in [5.41, 5.74) is -0.708. The van der Waals surface area contributed by atoms with Gasteiger partial charge in [0.2, 0.25) is 11.2 Å². The first-order valence-corrected chi connectivity index (χ1v) is 8.27. The van der Waals surface area contributed by atoms with E-state index in [2.05, 4.69) is 0 Å². The molecule has 7 heteroatoms. The number of esters is 1. The van der Waals surface area contributed by atoms with Crippen molar-refractivity contribution in [2.24, 2.45) is 0 Å². The summed E-state index contributed by atoms with van der Waals surface area (Å²) in [5, 5.41) is -0.0896. The van der Waals surface area contributed by atoms with Gasteiger partial charge >= 0.3 is 5.97 Å². The topological polar surface area (TPSA) is 57.5 Å². The lowest BCUT2D eigenvalue weighted by Crippen LogP contribution is -2.23. The van der Waals surface area contributed by atoms with Gasteiger partial charge in [0.1, 0.15) is 5.56 Å². The first kappa shape index (κ1) is 17.4. The van der Waals surface area contributed by atoms with Crippen molar-refractivity contribution in [3.63, 3.8) is 0 Å². The molecular weight excluding hydrogens is 332 g/mol. The molecule has 1 fully saturated rings. The van der Waals surface area contributed by atoms with Crippen LogP contribution in [0.25, 0.3) is 10.9 Å². The third-order valence-electron chi connectivity index (χ3n) is 4.58. The van der Waals surface area contributed by atoms with Crippen LogP contribution in [0.5, 0.6) is 5.75 Å². The Labute approximate surface area is 143 Å². The van der Waals surface area contributed by atoms with Crippen LogP contribution in [0.2, 0.25) is 0 Å². The van der Waals surface area contributed by atoms with Crippen LogP contribution in [-0.2, 0) is 4.74 Å². The van der Waals surface area contributed by atoms with Crippen molar-refractivity contribution >= 4 is 16.9 Å². The molecule has 0 atom stereocenters. The van der Waals surface area contributed by atoms with E-state index < -0.39 is 23.0 Å². The summed E-state index contributed by atoms with van der Waals surface area (Å²) >= 11 is 0. The number of pyridine rings is 1. The Morgan fingerprint density at radius 1 is 1.32 bits per heavy atom. The minimum Gasteiger partial charge on any atom is -0.491 e. The molecule has 1 heterocycles. The van der Waals surface area contributed by atoms with Gasteiger partial charge in [0.25, 0.3) is 0 Å². The molecule has 0 saturated heterocycles. The number of hydrogen-bond donors (Lipinski definition) is 0. The van der Waals surface area contributed by atoms with Gasteiger partial charge < -0.3 is 14.0 Å². The number of benzene rings is 1. The van der Waals surface area contributed by atoms with Gasteiger partial charge in [-0.3, -0.25) is 4.79 Å². The van der Waals surface area contributed by atoms with Crippen molar-refractivity contribution < 1.29 is 23.0 Å². The van der Waals surface area contributed by atoms with Gasteiger partial charge in [0.05, 0.1) is 24.6 Å². The Hall–Kier alpha value is -2.44. The Morgan fingerprint density at radius 3 is 2.60 bits per heavy atom. The molecule has 0 spiro atoms. The normalized spacial score (nSPS) is 14.9. The molecule has 5 nitrogen and oxygen atoms in total. The van der Waals surface area contributed by atoms with Crippen molar-refractivity contribution in [2.45, 2.75) is 38.6 Å². The number of methoxy groups -OCH3 is 1. The number of carbonyl (C=O) groups excluding carboxylic acids is 1. The van der Waals surface area contributed by atoms with Crippen LogP contribution in [-0.4, -0.2) is 24.3 Å². The molecule has 0 radical (unpaired) electrons. The quantitative estimate of drug-likeness (QED) is 0.790. The van der Waals surface area contributed by atoms with Gasteiger partial charge in [-0.1, -0.05) is 12.8 Å². The highest BCUT2D eigenvalue weighted by Crippen LogP contribution is 2.36. The molecule has 2 aromatic rings. The summed E-state index contributed by atoms with van der Waals surface area (Å²) in [6.45, 7) is 1.74. The van der Waals surface area contributed by atoms with Crippen molar-refractivity contribution in [1.29, 1.82) is 0 Å². The van der Waals surface area contributed by atoms with Crippen molar-refractivity contribution in [3.05, 3.63) is 39.7 Å². The zero-order chi connectivity index (χ0) is 18.1. The van der Waals surface area contributed by atoms with Gasteiger partial charge in [-0.2, -0.15) is 4.39 Å². The van der Waals surface area contributed by atoms with Crippen LogP contribution < -0.4 is 10.2 Å². The number of nitrogens with zero attached hydrogens (tertiary/aromatic N) is 1. The molecule has 25 heavy (non-hydrogen) atoms. The lowest BCUT2D eigenvalue weighted by Gasteiger charge is -2.21. The second kappa shape index (κ2) is 6.82. The van der Waals surface area contributed by atoms with Crippen LogP contribution in [0.1, 0.15) is 49.0 Å². The monoisotopic (exact) mass is 351 g/mol. The SMILES string of the molecule is CCOC(=O)c1cn(C2CCCC2)c2c(OC)c(F)c(F)cc2c1=O. The fourth-order valence-electron chi connectivity index (χ4n) is 3.44. The van der Waals surface area contributed by atoms with E-state index in [4.69, 9.17) is 9.47 Å². The fraction of sp³-hybridized carbons (Fsp3) is 0.444. The third kappa shape index (κ3) is 2.88. The molecular formula is C18H19F2NO4. The minimum absolute atomic E-state index is 0.0185. The van der Waals surface area contributed by atoms with E-state index in [0.717, 1.165) is 31.7 Å². The van der Waals surface area contributed by atoms with E-state index in [1.54, 1.807) is 11.5 Å². The highest BCUT2D eigenvalue weighted by atomic mass is 19.2. The maximum absolute atomic E-state index is 14.2. The summed E-state index contributed by atoms with van der Waals surface area (Å²) in [5.74, 6) is -3.44. The molecule has 3 rings (SSSR count). The van der Waals surface area contributed by atoms with Gasteiger partial charge in [-0.15, -0.1) is 0 Å². The minimum atomic E-state index is -1.19. The standard InChI is InChI=1S/C18H19F2NO4/c1-3-25-18(23)12-9-21(10-6-4-5-7-10)15-11(16(12)22)8-13(19)14(20)17(15)24-2/h8-10H,3-7H2,1-2H3. The number of carbonyl (C=O) groups is 1. The van der Waals surface area contributed by atoms with E-state index in [9.17, 15) is 18.4 Å². The summed E-state index contributed by atoms with van der Waals surface area (Å²) in [6, 6.07) is 0.805. The molecule has 0 unspecified atom stereocenters. The first-order valence-electron chi connectivity index (χ1n) is 8.27. The average Bonchev–Trinajstić information content (AvgIpc) is 3.12. The second-order valence-electron chi connectivity index (χ2n) is 6.04. The molecule has 0 amide bonds. The zero-order valence-electron chi connectivity index (χ0n) is 14.1. The zero-order valence-corrected chi connectivity index (χ0v) is 14.1. The molecule has 0 N–H and O–H groups in total. The highest BCUT2D eigenvalue weighted by molar-refractivity contribution is 5.95. The highest BCUT2D eigenvalue weighted by Gasteiger charge is 2.27. The number of rotatable bonds is 4. The maximum atomic E-state index is 14.2. The predicted octanol–water partition coefficient (Wildman–Crippen LogP) is 3.58. The maximum Gasteiger partial charge on any atom is 0.343 e. The van der Waals surface area contributed by atoms with Gasteiger partial charge in [-0.05, 0) is 25.8 Å². The molecule has 1 aromatic heterocycles. The van der Waals surface area contributed by atoms with Crippen LogP contribution in [0.15, 0.2) is 17.1 Å². The third-order valence-corrected chi connectivity index (χ3v) is 4.58. The Morgan fingerprint density at radius 2 is 2.00 bits per heavy atom. The predicted molar refractivity (Wildman–Crippen MR) is 88.1 cm³/mol. The molecule has 1 aliphatic carbocycles. The fourth-order valence-corrected chi connectivity index (χ4v) is 3.44. The molecule has 1 saturated carbocycles. The van der Waals surface area contributed by atoms with Crippen molar-refractivity contribution in [1.82, 2.24) is 4.57 Å². The van der Waals surface area contributed by atoms with Gasteiger partial charge in [-0.25, -0.2) is 9.18 Å². The van der Waals surface area contributed by atoms with E-state index in [-0.39, 0.29) is 34.9 Å².